The predicted molar refractivity (Wildman–Crippen MR) is 137 cm³/mol. The molecule has 1 saturated heterocycles. The third-order valence-electron chi connectivity index (χ3n) is 6.79. The van der Waals surface area contributed by atoms with Crippen LogP contribution in [0.3, 0.4) is 0 Å². The largest absolute Gasteiger partial charge is 0.376 e. The molecule has 9 heteroatoms. The molecule has 0 aliphatic carbocycles. The number of aromatic nitrogens is 5. The normalized spacial score (nSPS) is 17.0. The highest BCUT2D eigenvalue weighted by molar-refractivity contribution is 7.09. The lowest BCUT2D eigenvalue weighted by atomic mass is 10.0. The van der Waals surface area contributed by atoms with E-state index in [0.29, 0.717) is 19.6 Å². The van der Waals surface area contributed by atoms with E-state index in [1.165, 1.54) is 4.88 Å². The number of aromatic amines is 1. The van der Waals surface area contributed by atoms with Crippen LogP contribution >= 0.6 is 11.3 Å². The van der Waals surface area contributed by atoms with Crippen molar-refractivity contribution < 1.29 is 4.74 Å². The first kappa shape index (κ1) is 23.8. The van der Waals surface area contributed by atoms with E-state index in [0.717, 1.165) is 59.3 Å². The standard InChI is InChI=1S/C26H32N6O2S/c1-4-24(25-28-29-30-32(25)15-20-7-5-9-34-20)31(16-21-8-6-10-35-21)14-19-13-22-18(3)11-17(2)12-23(22)27-26(19)33/h6,8,10-13,20,24H,4-5,7,9,14-16H2,1-3H3,(H,27,33). The predicted octanol–water partition coefficient (Wildman–Crippen LogP) is 4.53. The fourth-order valence-electron chi connectivity index (χ4n) is 5.10. The van der Waals surface area contributed by atoms with Gasteiger partial charge in [0.2, 0.25) is 0 Å². The monoisotopic (exact) mass is 492 g/mol. The van der Waals surface area contributed by atoms with Crippen LogP contribution in [0.5, 0.6) is 0 Å². The molecule has 2 unspecified atom stereocenters. The van der Waals surface area contributed by atoms with Gasteiger partial charge < -0.3 is 9.72 Å². The molecule has 5 rings (SSSR count). The van der Waals surface area contributed by atoms with Crippen LogP contribution in [0.2, 0.25) is 0 Å². The molecule has 0 spiro atoms. The number of tetrazole rings is 1. The minimum atomic E-state index is -0.0486. The molecule has 1 N–H and O–H groups in total. The molecule has 0 amide bonds. The van der Waals surface area contributed by atoms with Gasteiger partial charge in [0.15, 0.2) is 5.82 Å². The van der Waals surface area contributed by atoms with Crippen LogP contribution in [0.25, 0.3) is 10.9 Å². The van der Waals surface area contributed by atoms with E-state index in [4.69, 9.17) is 4.74 Å². The molecule has 0 radical (unpaired) electrons. The summed E-state index contributed by atoms with van der Waals surface area (Å²) in [5.74, 6) is 0.823. The summed E-state index contributed by atoms with van der Waals surface area (Å²) in [6.45, 7) is 8.96. The number of nitrogens with one attached hydrogen (secondary N) is 1. The number of rotatable bonds is 9. The van der Waals surface area contributed by atoms with E-state index in [1.807, 2.05) is 23.7 Å². The van der Waals surface area contributed by atoms with Crippen molar-refractivity contribution in [2.75, 3.05) is 6.61 Å². The van der Waals surface area contributed by atoms with Gasteiger partial charge in [0.25, 0.3) is 5.56 Å². The SMILES string of the molecule is CCC(c1nnnn1CC1CCCO1)N(Cc1cccs1)Cc1cc2c(C)cc(C)cc2[nH]c1=O. The molecule has 3 aromatic heterocycles. The molecule has 0 saturated carbocycles. The minimum Gasteiger partial charge on any atom is -0.376 e. The van der Waals surface area contributed by atoms with Gasteiger partial charge in [0.1, 0.15) is 0 Å². The highest BCUT2D eigenvalue weighted by atomic mass is 32.1. The Morgan fingerprint density at radius 2 is 2.17 bits per heavy atom. The van der Waals surface area contributed by atoms with Gasteiger partial charge >= 0.3 is 0 Å². The first-order valence-electron chi connectivity index (χ1n) is 12.3. The summed E-state index contributed by atoms with van der Waals surface area (Å²) in [6, 6.07) is 10.4. The van der Waals surface area contributed by atoms with Crippen LogP contribution in [-0.4, -0.2) is 42.8 Å². The van der Waals surface area contributed by atoms with Crippen LogP contribution < -0.4 is 5.56 Å². The number of fused-ring (bicyclic) bond motifs is 1. The summed E-state index contributed by atoms with van der Waals surface area (Å²) in [6.07, 6.45) is 3.07. The Balaban J connectivity index is 1.50. The number of nitrogens with zero attached hydrogens (tertiary/aromatic N) is 5. The highest BCUT2D eigenvalue weighted by Gasteiger charge is 2.28. The zero-order chi connectivity index (χ0) is 24.4. The van der Waals surface area contributed by atoms with Gasteiger partial charge in [-0.3, -0.25) is 9.69 Å². The Labute approximate surface area is 208 Å². The maximum atomic E-state index is 13.1. The molecular formula is C26H32N6O2S. The van der Waals surface area contributed by atoms with Gasteiger partial charge in [-0.25, -0.2) is 4.68 Å². The van der Waals surface area contributed by atoms with Crippen molar-refractivity contribution >= 4 is 22.2 Å². The summed E-state index contributed by atoms with van der Waals surface area (Å²) in [5, 5.41) is 15.9. The first-order valence-corrected chi connectivity index (χ1v) is 13.2. The second-order valence-corrected chi connectivity index (χ2v) is 10.5. The average Bonchev–Trinajstić information content (AvgIpc) is 3.60. The van der Waals surface area contributed by atoms with Crippen LogP contribution in [0.15, 0.2) is 40.5 Å². The molecule has 4 heterocycles. The lowest BCUT2D eigenvalue weighted by molar-refractivity contribution is 0.0889. The van der Waals surface area contributed by atoms with E-state index >= 15 is 0 Å². The third-order valence-corrected chi connectivity index (χ3v) is 7.65. The molecular weight excluding hydrogens is 460 g/mol. The lowest BCUT2D eigenvalue weighted by Gasteiger charge is -2.30. The Morgan fingerprint density at radius 1 is 1.29 bits per heavy atom. The Kier molecular flexibility index (Phi) is 7.08. The maximum Gasteiger partial charge on any atom is 0.252 e. The lowest BCUT2D eigenvalue weighted by Crippen LogP contribution is -2.33. The van der Waals surface area contributed by atoms with E-state index < -0.39 is 0 Å². The summed E-state index contributed by atoms with van der Waals surface area (Å²) in [7, 11) is 0. The molecule has 4 aromatic rings. The number of H-pyrrole nitrogens is 1. The number of thiophene rings is 1. The van der Waals surface area contributed by atoms with Gasteiger partial charge in [-0.05, 0) is 78.2 Å². The second-order valence-electron chi connectivity index (χ2n) is 9.43. The van der Waals surface area contributed by atoms with Crippen LogP contribution in [0.1, 0.15) is 59.6 Å². The highest BCUT2D eigenvalue weighted by Crippen LogP contribution is 2.28. The molecule has 1 aliphatic heterocycles. The van der Waals surface area contributed by atoms with Gasteiger partial charge in [-0.2, -0.15) is 0 Å². The average molecular weight is 493 g/mol. The maximum absolute atomic E-state index is 13.1. The Morgan fingerprint density at radius 3 is 2.91 bits per heavy atom. The molecule has 184 valence electrons. The van der Waals surface area contributed by atoms with E-state index in [2.05, 4.69) is 62.8 Å². The topological polar surface area (TPSA) is 88.9 Å². The first-order chi connectivity index (χ1) is 17.0. The zero-order valence-corrected chi connectivity index (χ0v) is 21.3. The van der Waals surface area contributed by atoms with Gasteiger partial charge in [-0.15, -0.1) is 16.4 Å². The van der Waals surface area contributed by atoms with E-state index in [1.54, 1.807) is 11.3 Å². The van der Waals surface area contributed by atoms with Crippen molar-refractivity contribution in [3.05, 3.63) is 73.5 Å². The quantitative estimate of drug-likeness (QED) is 0.369. The molecule has 0 bridgehead atoms. The van der Waals surface area contributed by atoms with Crippen LogP contribution in [0.4, 0.5) is 0 Å². The second kappa shape index (κ2) is 10.4. The number of hydrogen-bond donors (Lipinski definition) is 1. The fraction of sp³-hybridized carbons (Fsp3) is 0.462. The molecule has 1 aromatic carbocycles. The zero-order valence-electron chi connectivity index (χ0n) is 20.5. The molecule has 1 fully saturated rings. The van der Waals surface area contributed by atoms with E-state index in [-0.39, 0.29) is 17.7 Å². The number of pyridine rings is 1. The number of hydrogen-bond acceptors (Lipinski definition) is 7. The van der Waals surface area contributed by atoms with Gasteiger partial charge in [-0.1, -0.05) is 19.1 Å². The van der Waals surface area contributed by atoms with Crippen LogP contribution in [-0.2, 0) is 24.4 Å². The smallest absolute Gasteiger partial charge is 0.252 e. The summed E-state index contributed by atoms with van der Waals surface area (Å²) < 4.78 is 7.73. The number of aryl methyl sites for hydroxylation is 2. The fourth-order valence-corrected chi connectivity index (χ4v) is 5.83. The van der Waals surface area contributed by atoms with Crippen molar-refractivity contribution in [2.24, 2.45) is 0 Å². The minimum absolute atomic E-state index is 0.0392. The summed E-state index contributed by atoms with van der Waals surface area (Å²) in [5.41, 5.74) is 3.88. The number of ether oxygens (including phenoxy) is 1. The van der Waals surface area contributed by atoms with Crippen molar-refractivity contribution in [1.82, 2.24) is 30.1 Å². The molecule has 1 aliphatic rings. The third kappa shape index (κ3) is 5.22. The van der Waals surface area contributed by atoms with Gasteiger partial charge in [0, 0.05) is 41.0 Å². The molecule has 2 atom stereocenters. The Hall–Kier alpha value is -2.88. The van der Waals surface area contributed by atoms with E-state index in [9.17, 15) is 4.79 Å². The molecule has 35 heavy (non-hydrogen) atoms. The van der Waals surface area contributed by atoms with Gasteiger partial charge in [0.05, 0.1) is 18.7 Å². The van der Waals surface area contributed by atoms with Crippen molar-refractivity contribution in [3.63, 3.8) is 0 Å². The van der Waals surface area contributed by atoms with Crippen molar-refractivity contribution in [3.8, 4) is 0 Å². The number of benzene rings is 1. The Bertz CT molecular complexity index is 1340. The molecule has 8 nitrogen and oxygen atoms in total. The summed E-state index contributed by atoms with van der Waals surface area (Å²) in [4.78, 5) is 19.8. The van der Waals surface area contributed by atoms with Crippen molar-refractivity contribution in [1.29, 1.82) is 0 Å². The summed E-state index contributed by atoms with van der Waals surface area (Å²) >= 11 is 1.72. The van der Waals surface area contributed by atoms with Crippen molar-refractivity contribution in [2.45, 2.75) is 71.8 Å². The van der Waals surface area contributed by atoms with Crippen LogP contribution in [0, 0.1) is 13.8 Å².